The zero-order valence-corrected chi connectivity index (χ0v) is 80.9. The molecule has 8 unspecified atom stereocenters. The monoisotopic (exact) mass is 2020 g/mol. The molecule has 5 saturated heterocycles. The Labute approximate surface area is 841 Å². The number of anilines is 2. The minimum atomic E-state index is -4.51. The molecule has 0 spiro atoms. The number of H-pyrrole nitrogens is 2. The van der Waals surface area contributed by atoms with Gasteiger partial charge in [0.05, 0.1) is 76.1 Å². The topological polar surface area (TPSA) is 448 Å². The molecule has 0 saturated carbocycles. The lowest BCUT2D eigenvalue weighted by molar-refractivity contribution is -0.137. The van der Waals surface area contributed by atoms with E-state index in [1.165, 1.54) is 34.3 Å². The van der Waals surface area contributed by atoms with Crippen LogP contribution in [-0.4, -0.2) is 260 Å². The molecule has 762 valence electrons. The Hall–Kier alpha value is -15.9. The third-order valence-electron chi connectivity index (χ3n) is 27.6. The summed E-state index contributed by atoms with van der Waals surface area (Å²) in [5, 5.41) is 52.6. The number of amides is 7. The molecule has 9 aliphatic rings. The zero-order valence-electron chi connectivity index (χ0n) is 80.1. The van der Waals surface area contributed by atoms with Crippen LogP contribution in [0.1, 0.15) is 132 Å². The van der Waals surface area contributed by atoms with E-state index >= 15 is 0 Å². The minimum Gasteiger partial charge on any atom is -0.454 e. The molecule has 0 aliphatic carbocycles. The van der Waals surface area contributed by atoms with Crippen molar-refractivity contribution in [3.05, 3.63) is 299 Å². The summed E-state index contributed by atoms with van der Waals surface area (Å²) in [7, 11) is -3.79. The molecule has 14 heterocycles. The van der Waals surface area contributed by atoms with Crippen molar-refractivity contribution in [2.24, 2.45) is 5.73 Å². The van der Waals surface area contributed by atoms with E-state index in [4.69, 9.17) is 48.6 Å². The van der Waals surface area contributed by atoms with Crippen LogP contribution in [0.15, 0.2) is 242 Å². The van der Waals surface area contributed by atoms with Gasteiger partial charge in [-0.05, 0) is 200 Å². The Morgan fingerprint density at radius 1 is 0.503 bits per heavy atom. The number of piperidine rings is 4. The van der Waals surface area contributed by atoms with E-state index in [2.05, 4.69) is 35.7 Å². The summed E-state index contributed by atoms with van der Waals surface area (Å²) in [6.45, 7) is 8.38. The van der Waals surface area contributed by atoms with Gasteiger partial charge in [-0.25, -0.2) is 32.7 Å². The third-order valence-corrected chi connectivity index (χ3v) is 29.5. The maximum absolute atomic E-state index is 13.4. The van der Waals surface area contributed by atoms with Crippen LogP contribution in [0, 0.1) is 6.92 Å². The number of aromatic amines is 2. The van der Waals surface area contributed by atoms with Gasteiger partial charge in [-0.15, -0.1) is 0 Å². The summed E-state index contributed by atoms with van der Waals surface area (Å²) in [6, 6.07) is 61.5. The number of ether oxygens (including phenoxy) is 8. The highest BCUT2D eigenvalue weighted by Gasteiger charge is 2.40. The lowest BCUT2D eigenvalue weighted by Gasteiger charge is -2.36. The number of hydrogen-bond donors (Lipinski definition) is 9. The predicted molar refractivity (Wildman–Crippen MR) is 533 cm³/mol. The average Bonchev–Trinajstić information content (AvgIpc) is 1.55. The maximum atomic E-state index is 13.4. The number of aliphatic hydroxyl groups excluding tert-OH is 4. The van der Waals surface area contributed by atoms with Crippen molar-refractivity contribution in [1.82, 2.24) is 63.8 Å². The molecule has 0 bridgehead atoms. The fourth-order valence-corrected chi connectivity index (χ4v) is 21.2. The van der Waals surface area contributed by atoms with Crippen LogP contribution in [0.2, 0.25) is 0 Å². The van der Waals surface area contributed by atoms with E-state index in [1.807, 2.05) is 176 Å². The number of imidazole rings is 1. The molecule has 5 aromatic heterocycles. The summed E-state index contributed by atoms with van der Waals surface area (Å²) >= 11 is 0. The summed E-state index contributed by atoms with van der Waals surface area (Å²) in [4.78, 5) is 101. The van der Waals surface area contributed by atoms with Gasteiger partial charge in [0.2, 0.25) is 49.0 Å². The van der Waals surface area contributed by atoms with E-state index in [1.54, 1.807) is 62.1 Å². The van der Waals surface area contributed by atoms with Crippen molar-refractivity contribution in [2.45, 2.75) is 105 Å². The number of aromatic nitrogens is 7. The van der Waals surface area contributed by atoms with Crippen LogP contribution in [0.4, 0.5) is 29.5 Å². The summed E-state index contributed by atoms with van der Waals surface area (Å²) < 4.78 is 113. The molecular weight excluding hydrogens is 1920 g/mol. The summed E-state index contributed by atoms with van der Waals surface area (Å²) in [5.74, 6) is 5.59. The Balaban J connectivity index is 0.000000118. The van der Waals surface area contributed by atoms with Crippen molar-refractivity contribution in [1.29, 1.82) is 0 Å². The molecule has 23 rings (SSSR count). The number of halogens is 3. The number of carbonyl (C=O) groups is 6. The smallest absolute Gasteiger partial charge is 0.416 e. The Kier molecular flexibility index (Phi) is 29.6. The number of pyridine rings is 1. The second-order valence-corrected chi connectivity index (χ2v) is 38.8. The van der Waals surface area contributed by atoms with Crippen LogP contribution >= 0.6 is 0 Å². The van der Waals surface area contributed by atoms with Gasteiger partial charge in [0.15, 0.2) is 51.8 Å². The van der Waals surface area contributed by atoms with E-state index < -0.39 is 52.2 Å². The second kappa shape index (κ2) is 43.6. The van der Waals surface area contributed by atoms with Gasteiger partial charge >= 0.3 is 12.2 Å². The summed E-state index contributed by atoms with van der Waals surface area (Å²) in [6.07, 6.45) is 3.04. The van der Waals surface area contributed by atoms with E-state index in [0.29, 0.717) is 148 Å². The fourth-order valence-electron chi connectivity index (χ4n) is 19.8. The number of piperazine rings is 1. The number of β-amino-alcohol motifs (C(OH)–C–C–N with tert-alkyl or cyclic N) is 4. The first-order valence-electron chi connectivity index (χ1n) is 48.2. The van der Waals surface area contributed by atoms with Crippen LogP contribution in [0.3, 0.4) is 0 Å². The molecule has 147 heavy (non-hydrogen) atoms. The number of likely N-dealkylation sites (tertiary alicyclic amines) is 4. The lowest BCUT2D eigenvalue weighted by atomic mass is 9.86. The van der Waals surface area contributed by atoms with E-state index in [-0.39, 0.29) is 123 Å². The predicted octanol–water partition coefficient (Wildman–Crippen LogP) is 12.5. The first-order valence-corrected chi connectivity index (χ1v) is 49.6. The van der Waals surface area contributed by atoms with Gasteiger partial charge in [-0.3, -0.25) is 24.0 Å². The number of aryl methyl sites for hydroxylation is 1. The Morgan fingerprint density at radius 3 is 1.53 bits per heavy atom. The van der Waals surface area contributed by atoms with Gasteiger partial charge in [-0.1, -0.05) is 72.8 Å². The van der Waals surface area contributed by atoms with Gasteiger partial charge in [-0.2, -0.15) is 22.6 Å². The number of hydrogen-bond acceptors (Lipinski definition) is 25. The van der Waals surface area contributed by atoms with Crippen molar-refractivity contribution in [3.8, 4) is 57.4 Å². The highest BCUT2D eigenvalue weighted by atomic mass is 32.2. The Bertz CT molecular complexity index is 7170. The number of nitrogens with one attached hydrogen (secondary N) is 4. The third kappa shape index (κ3) is 22.6. The number of aliphatic hydroxyl groups is 4. The highest BCUT2D eigenvalue weighted by Crippen LogP contribution is 2.45. The van der Waals surface area contributed by atoms with Gasteiger partial charge in [0.1, 0.15) is 5.82 Å². The molecule has 8 atom stereocenters. The van der Waals surface area contributed by atoms with Crippen LogP contribution in [0.25, 0.3) is 38.8 Å². The number of rotatable bonds is 16. The number of sulfonamides is 1. The zero-order chi connectivity index (χ0) is 102. The standard InChI is InChI=1S/C31H30F3N5O3S.C21H20N2O4.2C20H19N3O4.C15H19N3O5/c1-21-28(19-23-7-4-3-5-8-23)30(37-29(35-21)24-9-6-10-25(20-24)31(32,33)34)38-15-17-39(18-16-38)43(41,42)27-13-11-26(12-14-27)36-22(2)40;24-18-11-23(21(25)15-1-3-17-14(9-15)5-7-22-17)8-6-16(18)13-2-4-19-20(10-13)27-12-26-19;24-17-9-23(20(25)13-1-3-15-16(7-13)22-10-21-15)6-5-14(17)12-2-4-18-19(8-12)27-11-26-18;24-17-11-22(20(25)15-10-21-23-7-2-1-3-16(15)23)8-6-14(17)13-4-5-18-19(9-13)27-12-26-18;16-15(21)17-6-14(20)18-4-3-10(11(19)7-18)9-1-2-12-13(5-9)23-8-22-12/h3-14,20H,15-19H2,1-2H3,(H,36,40);1-5,7,9-10,16,18,22,24H,6,8,11-12H2;1-4,7-8,10,14,17,24H,5-6,9,11H2,(H,21,22);1-5,7,9-10,14,17,24H,6,8,11-12H2;1-2,5,10-11,19H,3-4,6-8H2,(H3,16,17,21). The number of nitrogens with zero attached hydrogens (tertiary/aromatic N) is 11. The second-order valence-electron chi connectivity index (χ2n) is 36.9. The number of fused-ring (bicyclic) bond motifs is 7. The van der Waals surface area contributed by atoms with E-state index in [0.717, 1.165) is 96.0 Å². The lowest BCUT2D eigenvalue weighted by Crippen LogP contribution is -2.49. The molecular formula is C107H107F3N16O20S. The van der Waals surface area contributed by atoms with Crippen LogP contribution < -0.4 is 59.2 Å². The molecule has 36 nitrogen and oxygen atoms in total. The van der Waals surface area contributed by atoms with Gasteiger partial charge in [0, 0.05) is 172 Å². The molecule has 7 amide bonds. The van der Waals surface area contributed by atoms with Crippen LogP contribution in [0.5, 0.6) is 46.0 Å². The molecule has 9 aromatic carbocycles. The quantitative estimate of drug-likeness (QED) is 0.0434. The molecule has 10 N–H and O–H groups in total. The number of benzene rings is 9. The molecule has 5 fully saturated rings. The van der Waals surface area contributed by atoms with Crippen molar-refractivity contribution >= 4 is 84.5 Å². The normalized spacial score (nSPS) is 19.7. The van der Waals surface area contributed by atoms with E-state index in [9.17, 15) is 70.8 Å². The van der Waals surface area contributed by atoms with Crippen molar-refractivity contribution in [3.63, 3.8) is 0 Å². The van der Waals surface area contributed by atoms with Gasteiger partial charge in [0.25, 0.3) is 17.7 Å². The average molecular weight is 2030 g/mol. The van der Waals surface area contributed by atoms with Crippen molar-refractivity contribution < 1.29 is 109 Å². The summed E-state index contributed by atoms with van der Waals surface area (Å²) in [5.41, 5.74) is 16.6. The van der Waals surface area contributed by atoms with Gasteiger partial charge < -0.3 is 109 Å². The highest BCUT2D eigenvalue weighted by molar-refractivity contribution is 7.89. The SMILES string of the molecule is CC(=O)Nc1ccc(S(=O)(=O)N2CCN(c3nc(-c4cccc(C(F)(F)F)c4)nc(C)c3Cc3ccccc3)CC2)cc1.NC(=O)NCC(=O)N1CCC(c2ccc3c(c2)OCO3)C(O)C1.O=C(c1ccc2[nH]ccc2c1)N1CCC(c2ccc3c(c2)OCO3)C(O)C1.O=C(c1ccc2nc[nH]c2c1)N1CCC(c2ccc3c(c2)OCO3)C(O)C1.O=C(c1cnn2ccccc12)N1CCC(c2ccc3c(c2)OCO3)C(O)C1. The number of carbonyl (C=O) groups excluding carboxylic acids is 6. The molecule has 0 radical (unpaired) electrons. The number of primary amides is 1. The molecule has 40 heteroatoms. The maximum Gasteiger partial charge on any atom is 0.416 e. The first kappa shape index (κ1) is 99.8. The van der Waals surface area contributed by atoms with Crippen LogP contribution in [-0.2, 0) is 32.2 Å². The largest absolute Gasteiger partial charge is 0.454 e. The molecule has 9 aliphatic heterocycles. The number of nitrogens with two attached hydrogens (primary N) is 1. The fraction of sp³-hybridized carbons (Fsp3) is 0.308. The van der Waals surface area contributed by atoms with Crippen molar-refractivity contribution in [2.75, 3.05) is 122 Å². The Morgan fingerprint density at radius 2 is 1.01 bits per heavy atom. The first-order chi connectivity index (χ1) is 71.0. The minimum absolute atomic E-state index is 0.0179. The molecule has 14 aromatic rings. The number of alkyl halides is 3. The number of urea groups is 1.